The number of hydrogen-bond acceptors (Lipinski definition) is 7. The first-order valence-electron chi connectivity index (χ1n) is 10.1. The standard InChI is InChI=1S/C23H29N7O/c1-4-6-8-15(5-2)9-7-14-27-23-19-18(20(24)28-29-23)21(25)30(22(19)26)16-10-12-17(31-3)13-11-16/h4-6,8,10-13H,2,7,9,14,25-26H2,1,3H3,(H2,24,28)(H,27,29)/b6-4-,15-8+. The summed E-state index contributed by atoms with van der Waals surface area (Å²) < 4.78 is 6.97. The fourth-order valence-corrected chi connectivity index (χ4v) is 3.42. The van der Waals surface area contributed by atoms with E-state index in [0.29, 0.717) is 34.8 Å². The van der Waals surface area contributed by atoms with Crippen LogP contribution >= 0.6 is 0 Å². The lowest BCUT2D eigenvalue weighted by Gasteiger charge is -2.10. The number of nitrogens with two attached hydrogens (primary N) is 3. The van der Waals surface area contributed by atoms with E-state index >= 15 is 0 Å². The number of nitrogen functional groups attached to an aromatic ring is 3. The van der Waals surface area contributed by atoms with Crippen molar-refractivity contribution in [3.63, 3.8) is 0 Å². The number of anilines is 4. The van der Waals surface area contributed by atoms with Crippen molar-refractivity contribution in [2.24, 2.45) is 0 Å². The van der Waals surface area contributed by atoms with Crippen molar-refractivity contribution in [2.75, 3.05) is 36.2 Å². The molecule has 0 saturated carbocycles. The Hall–Kier alpha value is -3.94. The van der Waals surface area contributed by atoms with Crippen LogP contribution in [-0.2, 0) is 0 Å². The Kier molecular flexibility index (Phi) is 6.81. The van der Waals surface area contributed by atoms with Crippen molar-refractivity contribution in [1.82, 2.24) is 14.8 Å². The molecule has 2 heterocycles. The molecule has 0 aliphatic heterocycles. The number of rotatable bonds is 9. The van der Waals surface area contributed by atoms with E-state index in [0.717, 1.165) is 24.3 Å². The quantitative estimate of drug-likeness (QED) is 0.304. The van der Waals surface area contributed by atoms with Crippen LogP contribution in [0.3, 0.4) is 0 Å². The second-order valence-corrected chi connectivity index (χ2v) is 6.99. The van der Waals surface area contributed by atoms with E-state index in [-0.39, 0.29) is 5.82 Å². The molecular weight excluding hydrogens is 390 g/mol. The number of nitrogens with zero attached hydrogens (tertiary/aromatic N) is 3. The minimum Gasteiger partial charge on any atom is -0.497 e. The zero-order valence-electron chi connectivity index (χ0n) is 17.9. The summed E-state index contributed by atoms with van der Waals surface area (Å²) in [5.74, 6) is 2.39. The molecule has 7 N–H and O–H groups in total. The maximum absolute atomic E-state index is 6.50. The topological polar surface area (TPSA) is 130 Å². The molecule has 3 aromatic rings. The Balaban J connectivity index is 1.89. The predicted octanol–water partition coefficient (Wildman–Crippen LogP) is 4.06. The molecule has 0 amide bonds. The maximum atomic E-state index is 6.50. The van der Waals surface area contributed by atoms with Crippen LogP contribution < -0.4 is 27.3 Å². The summed E-state index contributed by atoms with van der Waals surface area (Å²) in [7, 11) is 1.62. The molecule has 2 aromatic heterocycles. The summed E-state index contributed by atoms with van der Waals surface area (Å²) in [6.45, 7) is 6.53. The number of ether oxygens (including phenoxy) is 1. The van der Waals surface area contributed by atoms with E-state index in [1.807, 2.05) is 49.4 Å². The van der Waals surface area contributed by atoms with E-state index in [9.17, 15) is 0 Å². The largest absolute Gasteiger partial charge is 0.497 e. The van der Waals surface area contributed by atoms with Crippen molar-refractivity contribution in [3.8, 4) is 11.4 Å². The zero-order valence-corrected chi connectivity index (χ0v) is 17.9. The molecule has 3 rings (SSSR count). The number of nitrogens with one attached hydrogen (secondary N) is 1. The Morgan fingerprint density at radius 3 is 2.48 bits per heavy atom. The van der Waals surface area contributed by atoms with Gasteiger partial charge in [0.25, 0.3) is 0 Å². The van der Waals surface area contributed by atoms with Crippen LogP contribution in [0, 0.1) is 0 Å². The molecule has 1 aromatic carbocycles. The Bertz CT molecular complexity index is 1130. The molecule has 0 radical (unpaired) electrons. The molecule has 0 saturated heterocycles. The third-order valence-electron chi connectivity index (χ3n) is 5.03. The summed E-state index contributed by atoms with van der Waals surface area (Å²) in [5.41, 5.74) is 21.0. The van der Waals surface area contributed by atoms with Gasteiger partial charge in [0.15, 0.2) is 11.6 Å². The smallest absolute Gasteiger partial charge is 0.160 e. The van der Waals surface area contributed by atoms with Crippen LogP contribution in [0.15, 0.2) is 60.7 Å². The summed E-state index contributed by atoms with van der Waals surface area (Å²) in [6, 6.07) is 7.44. The fourth-order valence-electron chi connectivity index (χ4n) is 3.42. The monoisotopic (exact) mass is 419 g/mol. The Labute approximate surface area is 182 Å². The van der Waals surface area contributed by atoms with Gasteiger partial charge in [-0.25, -0.2) is 0 Å². The van der Waals surface area contributed by atoms with Crippen molar-refractivity contribution < 1.29 is 4.74 Å². The van der Waals surface area contributed by atoms with Crippen LogP contribution in [0.1, 0.15) is 19.8 Å². The molecule has 31 heavy (non-hydrogen) atoms. The molecule has 8 nitrogen and oxygen atoms in total. The van der Waals surface area contributed by atoms with E-state index in [1.165, 1.54) is 5.57 Å². The normalized spacial score (nSPS) is 11.9. The minimum atomic E-state index is 0.236. The van der Waals surface area contributed by atoms with Gasteiger partial charge in [0, 0.05) is 12.2 Å². The average Bonchev–Trinajstić information content (AvgIpc) is 3.06. The van der Waals surface area contributed by atoms with E-state index in [2.05, 4.69) is 28.2 Å². The van der Waals surface area contributed by atoms with Crippen molar-refractivity contribution in [1.29, 1.82) is 0 Å². The van der Waals surface area contributed by atoms with Crippen LogP contribution in [0.2, 0.25) is 0 Å². The van der Waals surface area contributed by atoms with Gasteiger partial charge in [0.2, 0.25) is 0 Å². The van der Waals surface area contributed by atoms with Crippen molar-refractivity contribution >= 4 is 34.0 Å². The van der Waals surface area contributed by atoms with Crippen LogP contribution in [0.4, 0.5) is 23.3 Å². The first kappa shape index (κ1) is 21.8. The molecule has 0 aliphatic rings. The van der Waals surface area contributed by atoms with Gasteiger partial charge < -0.3 is 27.3 Å². The minimum absolute atomic E-state index is 0.236. The summed E-state index contributed by atoms with van der Waals surface area (Å²) >= 11 is 0. The number of aromatic nitrogens is 3. The lowest BCUT2D eigenvalue weighted by Crippen LogP contribution is -2.07. The second-order valence-electron chi connectivity index (χ2n) is 6.99. The number of methoxy groups -OCH3 is 1. The molecule has 0 fully saturated rings. The summed E-state index contributed by atoms with van der Waals surface area (Å²) in [6.07, 6.45) is 9.69. The summed E-state index contributed by atoms with van der Waals surface area (Å²) in [5, 5.41) is 12.9. The molecule has 8 heteroatoms. The van der Waals surface area contributed by atoms with Gasteiger partial charge in [-0.1, -0.05) is 30.9 Å². The average molecular weight is 420 g/mol. The van der Waals surface area contributed by atoms with E-state index < -0.39 is 0 Å². The SMILES string of the molecule is C=C/C(=C\C=C/C)CCCNc1nnc(N)c2c(N)n(-c3ccc(OC)cc3)c(N)c12. The van der Waals surface area contributed by atoms with E-state index in [1.54, 1.807) is 11.7 Å². The number of benzene rings is 1. The maximum Gasteiger partial charge on any atom is 0.160 e. The summed E-state index contributed by atoms with van der Waals surface area (Å²) in [4.78, 5) is 0. The highest BCUT2D eigenvalue weighted by Gasteiger charge is 2.21. The number of fused-ring (bicyclic) bond motifs is 1. The zero-order chi connectivity index (χ0) is 22.4. The van der Waals surface area contributed by atoms with Crippen molar-refractivity contribution in [2.45, 2.75) is 19.8 Å². The highest BCUT2D eigenvalue weighted by Crippen LogP contribution is 2.39. The molecule has 0 bridgehead atoms. The van der Waals surface area contributed by atoms with Gasteiger partial charge in [-0.05, 0) is 49.6 Å². The highest BCUT2D eigenvalue weighted by molar-refractivity contribution is 6.12. The number of allylic oxidation sites excluding steroid dienone is 5. The van der Waals surface area contributed by atoms with E-state index in [4.69, 9.17) is 21.9 Å². The third kappa shape index (κ3) is 4.48. The first-order chi connectivity index (χ1) is 15.0. The lowest BCUT2D eigenvalue weighted by atomic mass is 10.1. The van der Waals surface area contributed by atoms with Gasteiger partial charge in [-0.3, -0.25) is 4.57 Å². The van der Waals surface area contributed by atoms with Gasteiger partial charge in [0.1, 0.15) is 17.4 Å². The molecule has 0 aliphatic carbocycles. The van der Waals surface area contributed by atoms with Gasteiger partial charge >= 0.3 is 0 Å². The van der Waals surface area contributed by atoms with Crippen LogP contribution in [0.25, 0.3) is 16.5 Å². The van der Waals surface area contributed by atoms with Crippen molar-refractivity contribution in [3.05, 3.63) is 60.7 Å². The first-order valence-corrected chi connectivity index (χ1v) is 10.1. The molecule has 0 unspecified atom stereocenters. The molecule has 0 atom stereocenters. The van der Waals surface area contributed by atoms with Gasteiger partial charge in [-0.2, -0.15) is 0 Å². The Morgan fingerprint density at radius 1 is 1.13 bits per heavy atom. The molecule has 162 valence electrons. The van der Waals surface area contributed by atoms with Gasteiger partial charge in [-0.15, -0.1) is 10.2 Å². The van der Waals surface area contributed by atoms with Crippen LogP contribution in [0.5, 0.6) is 5.75 Å². The van der Waals surface area contributed by atoms with Gasteiger partial charge in [0.05, 0.1) is 17.9 Å². The third-order valence-corrected chi connectivity index (χ3v) is 5.03. The highest BCUT2D eigenvalue weighted by atomic mass is 16.5. The lowest BCUT2D eigenvalue weighted by molar-refractivity contribution is 0.415. The predicted molar refractivity (Wildman–Crippen MR) is 129 cm³/mol. The Morgan fingerprint density at radius 2 is 1.84 bits per heavy atom. The van der Waals surface area contributed by atoms with Crippen LogP contribution in [-0.4, -0.2) is 28.4 Å². The second kappa shape index (κ2) is 9.71. The fraction of sp³-hybridized carbons (Fsp3) is 0.217. The molecular formula is C23H29N7O. The molecule has 0 spiro atoms. The number of hydrogen-bond donors (Lipinski definition) is 4.